The van der Waals surface area contributed by atoms with Crippen LogP contribution in [0.4, 0.5) is 17.3 Å². The molecule has 4 aromatic rings. The van der Waals surface area contributed by atoms with Gasteiger partial charge in [0.25, 0.3) is 5.91 Å². The summed E-state index contributed by atoms with van der Waals surface area (Å²) >= 11 is 0. The minimum Gasteiger partial charge on any atom is -0.367 e. The van der Waals surface area contributed by atoms with Crippen LogP contribution >= 0.6 is 0 Å². The fourth-order valence-corrected chi connectivity index (χ4v) is 2.96. The van der Waals surface area contributed by atoms with Crippen LogP contribution in [0.3, 0.4) is 0 Å². The zero-order valence-electron chi connectivity index (χ0n) is 15.7. The quantitative estimate of drug-likeness (QED) is 0.422. The predicted molar refractivity (Wildman–Crippen MR) is 114 cm³/mol. The Morgan fingerprint density at radius 1 is 0.828 bits per heavy atom. The van der Waals surface area contributed by atoms with Crippen LogP contribution in [-0.2, 0) is 0 Å². The number of benzene rings is 2. The second kappa shape index (κ2) is 8.79. The summed E-state index contributed by atoms with van der Waals surface area (Å²) in [6.45, 7) is 1.01. The third kappa shape index (κ3) is 4.65. The van der Waals surface area contributed by atoms with Crippen molar-refractivity contribution < 1.29 is 4.79 Å². The number of nitrogens with zero attached hydrogens (tertiary/aromatic N) is 3. The largest absolute Gasteiger partial charge is 0.367 e. The second-order valence-electron chi connectivity index (χ2n) is 6.38. The Morgan fingerprint density at radius 2 is 1.66 bits per heavy atom. The van der Waals surface area contributed by atoms with E-state index in [0.717, 1.165) is 16.5 Å². The molecule has 0 fully saturated rings. The van der Waals surface area contributed by atoms with Gasteiger partial charge in [0.05, 0.1) is 11.9 Å². The van der Waals surface area contributed by atoms with E-state index in [0.29, 0.717) is 30.3 Å². The third-order valence-electron chi connectivity index (χ3n) is 4.35. The Morgan fingerprint density at radius 3 is 2.48 bits per heavy atom. The number of anilines is 3. The Bertz CT molecular complexity index is 1090. The van der Waals surface area contributed by atoms with Crippen molar-refractivity contribution in [1.29, 1.82) is 0 Å². The van der Waals surface area contributed by atoms with Crippen LogP contribution in [0.15, 0.2) is 79.1 Å². The van der Waals surface area contributed by atoms with Crippen molar-refractivity contribution in [3.05, 3.63) is 84.7 Å². The fourth-order valence-electron chi connectivity index (χ4n) is 2.96. The Balaban J connectivity index is 1.27. The number of fused-ring (bicyclic) bond motifs is 1. The number of aromatic nitrogens is 3. The van der Waals surface area contributed by atoms with E-state index in [-0.39, 0.29) is 5.91 Å². The maximum atomic E-state index is 12.5. The van der Waals surface area contributed by atoms with Crippen molar-refractivity contribution in [3.63, 3.8) is 0 Å². The minimum atomic E-state index is -0.0919. The molecule has 0 spiro atoms. The molecule has 0 aliphatic carbocycles. The maximum Gasteiger partial charge on any atom is 0.251 e. The Labute approximate surface area is 168 Å². The molecule has 4 rings (SSSR count). The molecule has 29 heavy (non-hydrogen) atoms. The number of carbonyl (C=O) groups is 1. The summed E-state index contributed by atoms with van der Waals surface area (Å²) in [4.78, 5) is 16.6. The smallest absolute Gasteiger partial charge is 0.251 e. The van der Waals surface area contributed by atoms with Crippen molar-refractivity contribution in [3.8, 4) is 0 Å². The molecule has 0 bridgehead atoms. The first-order valence-electron chi connectivity index (χ1n) is 9.30. The van der Waals surface area contributed by atoms with Crippen LogP contribution in [0.1, 0.15) is 10.4 Å². The molecule has 7 heteroatoms. The molecule has 0 radical (unpaired) electrons. The minimum absolute atomic E-state index is 0.0919. The van der Waals surface area contributed by atoms with E-state index in [1.54, 1.807) is 12.4 Å². The average molecular weight is 384 g/mol. The van der Waals surface area contributed by atoms with Crippen LogP contribution in [0.5, 0.6) is 0 Å². The first kappa shape index (κ1) is 18.4. The van der Waals surface area contributed by atoms with E-state index in [2.05, 4.69) is 31.1 Å². The third-order valence-corrected chi connectivity index (χ3v) is 4.35. The first-order valence-corrected chi connectivity index (χ1v) is 9.30. The Hall–Kier alpha value is -4.00. The lowest BCUT2D eigenvalue weighted by Gasteiger charge is -2.09. The molecule has 2 heterocycles. The highest BCUT2D eigenvalue weighted by atomic mass is 16.1. The zero-order valence-corrected chi connectivity index (χ0v) is 15.7. The molecule has 0 atom stereocenters. The van der Waals surface area contributed by atoms with Gasteiger partial charge in [-0.25, -0.2) is 0 Å². The van der Waals surface area contributed by atoms with Crippen molar-refractivity contribution in [2.45, 2.75) is 0 Å². The molecular weight excluding hydrogens is 364 g/mol. The van der Waals surface area contributed by atoms with Crippen LogP contribution in [0.25, 0.3) is 10.8 Å². The number of amides is 1. The molecule has 3 N–H and O–H groups in total. The van der Waals surface area contributed by atoms with Gasteiger partial charge in [-0.3, -0.25) is 9.78 Å². The van der Waals surface area contributed by atoms with E-state index in [1.165, 1.54) is 0 Å². The monoisotopic (exact) mass is 384 g/mol. The fraction of sp³-hybridized carbons (Fsp3) is 0.0909. The van der Waals surface area contributed by atoms with Crippen LogP contribution in [0, 0.1) is 0 Å². The molecule has 0 saturated heterocycles. The first-order chi connectivity index (χ1) is 14.3. The summed E-state index contributed by atoms with van der Waals surface area (Å²) in [5, 5.41) is 19.5. The lowest BCUT2D eigenvalue weighted by atomic mass is 10.0. The number of hydrogen-bond acceptors (Lipinski definition) is 6. The van der Waals surface area contributed by atoms with Crippen LogP contribution < -0.4 is 16.0 Å². The highest BCUT2D eigenvalue weighted by Crippen LogP contribution is 2.18. The normalized spacial score (nSPS) is 10.5. The van der Waals surface area contributed by atoms with Crippen molar-refractivity contribution in [1.82, 2.24) is 20.5 Å². The predicted octanol–water partition coefficient (Wildman–Crippen LogP) is 3.61. The van der Waals surface area contributed by atoms with E-state index in [9.17, 15) is 4.79 Å². The molecule has 1 amide bonds. The summed E-state index contributed by atoms with van der Waals surface area (Å²) in [6.07, 6.45) is 3.43. The molecule has 7 nitrogen and oxygen atoms in total. The van der Waals surface area contributed by atoms with Gasteiger partial charge in [0.15, 0.2) is 5.82 Å². The number of rotatable bonds is 7. The van der Waals surface area contributed by atoms with Gasteiger partial charge in [0, 0.05) is 24.8 Å². The van der Waals surface area contributed by atoms with Gasteiger partial charge in [-0.05, 0) is 41.1 Å². The van der Waals surface area contributed by atoms with E-state index < -0.39 is 0 Å². The summed E-state index contributed by atoms with van der Waals surface area (Å²) in [5.41, 5.74) is 1.52. The number of nitrogens with one attached hydrogen (secondary N) is 3. The summed E-state index contributed by atoms with van der Waals surface area (Å²) < 4.78 is 0. The summed E-state index contributed by atoms with van der Waals surface area (Å²) in [5.74, 6) is 1.18. The number of carbonyl (C=O) groups excluding carboxylic acids is 1. The molecular formula is C22H20N6O. The highest BCUT2D eigenvalue weighted by molar-refractivity contribution is 6.07. The van der Waals surface area contributed by atoms with Crippen LogP contribution in [-0.4, -0.2) is 34.2 Å². The molecule has 2 aromatic carbocycles. The number of hydrogen-bond donors (Lipinski definition) is 3. The Kier molecular flexibility index (Phi) is 5.57. The average Bonchev–Trinajstić information content (AvgIpc) is 2.78. The lowest BCUT2D eigenvalue weighted by Crippen LogP contribution is -2.29. The SMILES string of the molecule is O=C(NCCNc1ccc(Nc2cccnc2)nn1)c1cccc2ccccc12. The van der Waals surface area contributed by atoms with Crippen molar-refractivity contribution in [2.24, 2.45) is 0 Å². The molecule has 0 aliphatic rings. The highest BCUT2D eigenvalue weighted by Gasteiger charge is 2.08. The molecule has 0 saturated carbocycles. The van der Waals surface area contributed by atoms with Gasteiger partial charge in [-0.2, -0.15) is 0 Å². The molecule has 2 aromatic heterocycles. The van der Waals surface area contributed by atoms with Gasteiger partial charge in [-0.1, -0.05) is 36.4 Å². The van der Waals surface area contributed by atoms with Crippen LogP contribution in [0.2, 0.25) is 0 Å². The van der Waals surface area contributed by atoms with E-state index >= 15 is 0 Å². The van der Waals surface area contributed by atoms with E-state index in [1.807, 2.05) is 66.7 Å². The standard InChI is InChI=1S/C22H20N6O/c29-22(19-9-3-6-16-5-1-2-8-18(16)19)25-14-13-24-20-10-11-21(28-27-20)26-17-7-4-12-23-15-17/h1-12,15H,13-14H2,(H,24,27)(H,25,29)(H,26,28). The summed E-state index contributed by atoms with van der Waals surface area (Å²) in [7, 11) is 0. The van der Waals surface area contributed by atoms with Gasteiger partial charge < -0.3 is 16.0 Å². The number of pyridine rings is 1. The maximum absolute atomic E-state index is 12.5. The summed E-state index contributed by atoms with van der Waals surface area (Å²) in [6, 6.07) is 21.0. The second-order valence-corrected chi connectivity index (χ2v) is 6.38. The van der Waals surface area contributed by atoms with Crippen molar-refractivity contribution >= 4 is 34.0 Å². The van der Waals surface area contributed by atoms with Gasteiger partial charge in [0.1, 0.15) is 5.82 Å². The molecule has 0 unspecified atom stereocenters. The lowest BCUT2D eigenvalue weighted by molar-refractivity contribution is 0.0957. The topological polar surface area (TPSA) is 91.8 Å². The van der Waals surface area contributed by atoms with E-state index in [4.69, 9.17) is 0 Å². The molecule has 144 valence electrons. The molecule has 0 aliphatic heterocycles. The van der Waals surface area contributed by atoms with Gasteiger partial charge in [0.2, 0.25) is 0 Å². The van der Waals surface area contributed by atoms with Crippen molar-refractivity contribution in [2.75, 3.05) is 23.7 Å². The van der Waals surface area contributed by atoms with Gasteiger partial charge >= 0.3 is 0 Å². The zero-order chi connectivity index (χ0) is 19.9. The van der Waals surface area contributed by atoms with Gasteiger partial charge in [-0.15, -0.1) is 10.2 Å².